The van der Waals surface area contributed by atoms with E-state index >= 15 is 0 Å². The van der Waals surface area contributed by atoms with Crippen molar-refractivity contribution in [3.8, 4) is 0 Å². The van der Waals surface area contributed by atoms with Crippen molar-refractivity contribution in [1.82, 2.24) is 9.88 Å². The largest absolute Gasteiger partial charge is 0.393 e. The van der Waals surface area contributed by atoms with Gasteiger partial charge in [-0.15, -0.1) is 0 Å². The van der Waals surface area contributed by atoms with Crippen molar-refractivity contribution in [2.75, 3.05) is 6.54 Å². The Morgan fingerprint density at radius 2 is 2.06 bits per heavy atom. The lowest BCUT2D eigenvalue weighted by molar-refractivity contribution is 0.178. The average Bonchev–Trinajstić information content (AvgIpc) is 2.80. The lowest BCUT2D eigenvalue weighted by atomic mass is 10.1. The predicted octanol–water partition coefficient (Wildman–Crippen LogP) is 3.10. The molecule has 2 unspecified atom stereocenters. The highest BCUT2D eigenvalue weighted by Crippen LogP contribution is 2.19. The Labute approximate surface area is 111 Å². The Morgan fingerprint density at radius 3 is 2.67 bits per heavy atom. The molecule has 104 valence electrons. The minimum atomic E-state index is -0.222. The molecule has 3 nitrogen and oxygen atoms in total. The minimum Gasteiger partial charge on any atom is -0.393 e. The summed E-state index contributed by atoms with van der Waals surface area (Å²) in [5.41, 5.74) is 1.37. The Morgan fingerprint density at radius 1 is 1.28 bits per heavy atom. The molecule has 0 bridgehead atoms. The first-order chi connectivity index (χ1) is 8.67. The van der Waals surface area contributed by atoms with Crippen LogP contribution in [0.1, 0.15) is 58.1 Å². The van der Waals surface area contributed by atoms with E-state index < -0.39 is 0 Å². The van der Waals surface area contributed by atoms with Gasteiger partial charge < -0.3 is 15.0 Å². The number of aliphatic hydroxyl groups is 1. The number of nitrogens with one attached hydrogen (secondary N) is 1. The number of aliphatic hydroxyl groups excluding tert-OH is 1. The van der Waals surface area contributed by atoms with Gasteiger partial charge in [0.1, 0.15) is 0 Å². The van der Waals surface area contributed by atoms with Crippen LogP contribution in [0.3, 0.4) is 0 Å². The Hall–Kier alpha value is -0.800. The second kappa shape index (κ2) is 8.33. The van der Waals surface area contributed by atoms with Crippen molar-refractivity contribution in [1.29, 1.82) is 0 Å². The fraction of sp³-hybridized carbons (Fsp3) is 0.733. The Kier molecular flexibility index (Phi) is 7.06. The summed E-state index contributed by atoms with van der Waals surface area (Å²) < 4.78 is 2.18. The maximum absolute atomic E-state index is 9.30. The molecule has 0 aliphatic rings. The van der Waals surface area contributed by atoms with E-state index in [9.17, 15) is 5.11 Å². The fourth-order valence-corrected chi connectivity index (χ4v) is 2.13. The van der Waals surface area contributed by atoms with Crippen molar-refractivity contribution in [2.24, 2.45) is 0 Å². The molecule has 1 rings (SSSR count). The quantitative estimate of drug-likeness (QED) is 0.708. The van der Waals surface area contributed by atoms with Crippen LogP contribution in [-0.4, -0.2) is 22.3 Å². The van der Waals surface area contributed by atoms with E-state index in [0.717, 1.165) is 19.5 Å². The highest BCUT2D eigenvalue weighted by molar-refractivity contribution is 5.15. The summed E-state index contributed by atoms with van der Waals surface area (Å²) in [6, 6.07) is 2.67. The number of hydrogen-bond donors (Lipinski definition) is 2. The summed E-state index contributed by atoms with van der Waals surface area (Å²) in [6.07, 6.45) is 8.47. The third-order valence-corrected chi connectivity index (χ3v) is 3.20. The van der Waals surface area contributed by atoms with Gasteiger partial charge in [-0.1, -0.05) is 20.3 Å². The zero-order valence-electron chi connectivity index (χ0n) is 12.0. The van der Waals surface area contributed by atoms with E-state index in [2.05, 4.69) is 42.2 Å². The van der Waals surface area contributed by atoms with Crippen LogP contribution in [0.5, 0.6) is 0 Å². The molecule has 2 N–H and O–H groups in total. The van der Waals surface area contributed by atoms with Gasteiger partial charge in [-0.05, 0) is 44.4 Å². The predicted molar refractivity (Wildman–Crippen MR) is 76.7 cm³/mol. The molecule has 0 spiro atoms. The summed E-state index contributed by atoms with van der Waals surface area (Å²) in [6.45, 7) is 8.23. The molecule has 0 saturated heterocycles. The van der Waals surface area contributed by atoms with E-state index in [1.54, 1.807) is 0 Å². The Bertz CT molecular complexity index is 320. The lowest BCUT2D eigenvalue weighted by Crippen LogP contribution is -2.21. The first-order valence-electron chi connectivity index (χ1n) is 7.24. The van der Waals surface area contributed by atoms with Crippen LogP contribution in [0.2, 0.25) is 0 Å². The third kappa shape index (κ3) is 5.23. The van der Waals surface area contributed by atoms with Crippen molar-refractivity contribution in [3.63, 3.8) is 0 Å². The molecule has 1 aromatic heterocycles. The van der Waals surface area contributed by atoms with Crippen LogP contribution in [0.4, 0.5) is 0 Å². The molecule has 1 heterocycles. The zero-order chi connectivity index (χ0) is 13.4. The van der Waals surface area contributed by atoms with E-state index in [-0.39, 0.29) is 6.10 Å². The number of hydrogen-bond acceptors (Lipinski definition) is 2. The van der Waals surface area contributed by atoms with E-state index in [4.69, 9.17) is 0 Å². The van der Waals surface area contributed by atoms with Gasteiger partial charge in [0.25, 0.3) is 0 Å². The van der Waals surface area contributed by atoms with Crippen molar-refractivity contribution < 1.29 is 5.11 Å². The maximum Gasteiger partial charge on any atom is 0.0529 e. The smallest absolute Gasteiger partial charge is 0.0529 e. The fourth-order valence-electron chi connectivity index (χ4n) is 2.13. The topological polar surface area (TPSA) is 37.2 Å². The summed E-state index contributed by atoms with van der Waals surface area (Å²) in [7, 11) is 0. The van der Waals surface area contributed by atoms with Gasteiger partial charge in [-0.25, -0.2) is 0 Å². The third-order valence-electron chi connectivity index (χ3n) is 3.20. The van der Waals surface area contributed by atoms with Gasteiger partial charge in [0.05, 0.1) is 6.10 Å². The molecule has 0 aliphatic carbocycles. The second-order valence-corrected chi connectivity index (χ2v) is 5.12. The summed E-state index contributed by atoms with van der Waals surface area (Å²) in [4.78, 5) is 0. The van der Waals surface area contributed by atoms with Crippen LogP contribution in [-0.2, 0) is 6.54 Å². The van der Waals surface area contributed by atoms with Crippen molar-refractivity contribution >= 4 is 0 Å². The molecule has 0 aliphatic heterocycles. The molecule has 0 fully saturated rings. The first kappa shape index (κ1) is 15.3. The number of rotatable bonds is 9. The monoisotopic (exact) mass is 252 g/mol. The number of aromatic nitrogens is 1. The zero-order valence-corrected chi connectivity index (χ0v) is 12.0. The highest BCUT2D eigenvalue weighted by Gasteiger charge is 2.10. The van der Waals surface area contributed by atoms with Crippen molar-refractivity contribution in [2.45, 2.75) is 65.1 Å². The van der Waals surface area contributed by atoms with Crippen LogP contribution in [0, 0.1) is 0 Å². The van der Waals surface area contributed by atoms with E-state index in [1.807, 2.05) is 6.92 Å². The van der Waals surface area contributed by atoms with E-state index in [0.29, 0.717) is 6.04 Å². The summed E-state index contributed by atoms with van der Waals surface area (Å²) in [5, 5.41) is 12.9. The maximum atomic E-state index is 9.30. The molecule has 0 aromatic carbocycles. The van der Waals surface area contributed by atoms with Gasteiger partial charge in [-0.3, -0.25) is 0 Å². The molecule has 0 saturated carbocycles. The molecular weight excluding hydrogens is 224 g/mol. The SMILES string of the molecule is CCCNC(CCC)c1ccn(CCC(C)O)c1. The van der Waals surface area contributed by atoms with Crippen molar-refractivity contribution in [3.05, 3.63) is 24.0 Å². The van der Waals surface area contributed by atoms with Crippen LogP contribution >= 0.6 is 0 Å². The van der Waals surface area contributed by atoms with Gasteiger partial charge in [-0.2, -0.15) is 0 Å². The highest BCUT2D eigenvalue weighted by atomic mass is 16.3. The average molecular weight is 252 g/mol. The van der Waals surface area contributed by atoms with Gasteiger partial charge in [0, 0.05) is 25.0 Å². The molecule has 1 aromatic rings. The Balaban J connectivity index is 2.56. The van der Waals surface area contributed by atoms with Crippen LogP contribution < -0.4 is 5.32 Å². The number of nitrogens with zero attached hydrogens (tertiary/aromatic N) is 1. The van der Waals surface area contributed by atoms with Gasteiger partial charge in [0.2, 0.25) is 0 Å². The normalized spacial score (nSPS) is 14.7. The van der Waals surface area contributed by atoms with E-state index in [1.165, 1.54) is 24.8 Å². The molecule has 0 radical (unpaired) electrons. The van der Waals surface area contributed by atoms with Gasteiger partial charge >= 0.3 is 0 Å². The molecular formula is C15H28N2O. The summed E-state index contributed by atoms with van der Waals surface area (Å²) in [5.74, 6) is 0. The molecule has 18 heavy (non-hydrogen) atoms. The lowest BCUT2D eigenvalue weighted by Gasteiger charge is -2.16. The number of aryl methyl sites for hydroxylation is 1. The molecule has 0 amide bonds. The first-order valence-corrected chi connectivity index (χ1v) is 7.24. The van der Waals surface area contributed by atoms with Gasteiger partial charge in [0.15, 0.2) is 0 Å². The molecule has 2 atom stereocenters. The van der Waals surface area contributed by atoms with Crippen LogP contribution in [0.25, 0.3) is 0 Å². The molecule has 3 heteroatoms. The standard InChI is InChI=1S/C15H28N2O/c1-4-6-15(16-9-5-2)14-8-11-17(12-14)10-7-13(3)18/h8,11-13,15-16,18H,4-7,9-10H2,1-3H3. The summed E-state index contributed by atoms with van der Waals surface area (Å²) >= 11 is 0. The second-order valence-electron chi connectivity index (χ2n) is 5.12. The minimum absolute atomic E-state index is 0.222. The van der Waals surface area contributed by atoms with Crippen LogP contribution in [0.15, 0.2) is 18.5 Å².